The lowest BCUT2D eigenvalue weighted by Crippen LogP contribution is -2.37. The highest BCUT2D eigenvalue weighted by molar-refractivity contribution is 5.10. The van der Waals surface area contributed by atoms with Crippen LogP contribution in [0.15, 0.2) is 6.07 Å². The molecule has 4 heteroatoms. The van der Waals surface area contributed by atoms with E-state index in [9.17, 15) is 0 Å². The molecule has 20 heavy (non-hydrogen) atoms. The Balaban J connectivity index is 2.01. The van der Waals surface area contributed by atoms with E-state index in [-0.39, 0.29) is 0 Å². The molecule has 114 valence electrons. The molecule has 0 bridgehead atoms. The van der Waals surface area contributed by atoms with Gasteiger partial charge in [0.1, 0.15) is 0 Å². The van der Waals surface area contributed by atoms with Crippen LogP contribution in [0.4, 0.5) is 0 Å². The van der Waals surface area contributed by atoms with Crippen molar-refractivity contribution in [2.24, 2.45) is 0 Å². The summed E-state index contributed by atoms with van der Waals surface area (Å²) in [5.74, 6) is 0. The Morgan fingerprint density at radius 3 is 2.90 bits per heavy atom. The van der Waals surface area contributed by atoms with Crippen molar-refractivity contribution in [3.05, 3.63) is 17.5 Å². The van der Waals surface area contributed by atoms with Crippen LogP contribution in [0.25, 0.3) is 0 Å². The van der Waals surface area contributed by atoms with Gasteiger partial charge in [0.15, 0.2) is 0 Å². The summed E-state index contributed by atoms with van der Waals surface area (Å²) in [5, 5.41) is 8.34. The predicted molar refractivity (Wildman–Crippen MR) is 83.9 cm³/mol. The van der Waals surface area contributed by atoms with Crippen LogP contribution in [0, 0.1) is 0 Å². The standard InChI is InChI=1S/C16H30N4/c1-4-8-15-12-19(10-7-9-17-15)13-16-11-14(5-2)18-20(16)6-3/h11,15,17H,4-10,12-13H2,1-3H3. The zero-order valence-corrected chi connectivity index (χ0v) is 13.4. The van der Waals surface area contributed by atoms with Crippen LogP contribution in [0.5, 0.6) is 0 Å². The molecule has 0 aliphatic carbocycles. The molecule has 1 aliphatic heterocycles. The van der Waals surface area contributed by atoms with E-state index in [0.717, 1.165) is 26.1 Å². The highest BCUT2D eigenvalue weighted by Gasteiger charge is 2.18. The molecule has 0 saturated carbocycles. The van der Waals surface area contributed by atoms with Crippen LogP contribution in [-0.4, -0.2) is 40.4 Å². The zero-order chi connectivity index (χ0) is 14.4. The molecular weight excluding hydrogens is 248 g/mol. The quantitative estimate of drug-likeness (QED) is 0.867. The van der Waals surface area contributed by atoms with Crippen molar-refractivity contribution in [2.75, 3.05) is 19.6 Å². The van der Waals surface area contributed by atoms with Crippen LogP contribution in [-0.2, 0) is 19.5 Å². The van der Waals surface area contributed by atoms with Crippen molar-refractivity contribution in [3.63, 3.8) is 0 Å². The molecule has 1 aromatic heterocycles. The van der Waals surface area contributed by atoms with Crippen molar-refractivity contribution in [2.45, 2.75) is 65.6 Å². The summed E-state index contributed by atoms with van der Waals surface area (Å²) in [6, 6.07) is 2.95. The van der Waals surface area contributed by atoms with E-state index < -0.39 is 0 Å². The van der Waals surface area contributed by atoms with Gasteiger partial charge in [-0.05, 0) is 45.3 Å². The van der Waals surface area contributed by atoms with Gasteiger partial charge < -0.3 is 5.32 Å². The normalized spacial score (nSPS) is 21.1. The van der Waals surface area contributed by atoms with Gasteiger partial charge in [-0.2, -0.15) is 5.10 Å². The first-order valence-corrected chi connectivity index (χ1v) is 8.28. The first-order valence-electron chi connectivity index (χ1n) is 8.28. The maximum atomic E-state index is 4.67. The van der Waals surface area contributed by atoms with E-state index in [4.69, 9.17) is 0 Å². The minimum Gasteiger partial charge on any atom is -0.313 e. The number of nitrogens with one attached hydrogen (secondary N) is 1. The summed E-state index contributed by atoms with van der Waals surface area (Å²) in [7, 11) is 0. The van der Waals surface area contributed by atoms with Crippen molar-refractivity contribution >= 4 is 0 Å². The second-order valence-electron chi connectivity index (χ2n) is 5.82. The van der Waals surface area contributed by atoms with Crippen molar-refractivity contribution in [1.29, 1.82) is 0 Å². The molecule has 0 amide bonds. The van der Waals surface area contributed by atoms with Gasteiger partial charge >= 0.3 is 0 Å². The van der Waals surface area contributed by atoms with E-state index in [1.807, 2.05) is 0 Å². The molecule has 4 nitrogen and oxygen atoms in total. The number of aryl methyl sites for hydroxylation is 2. The average Bonchev–Trinajstić information content (AvgIpc) is 2.72. The lowest BCUT2D eigenvalue weighted by molar-refractivity contribution is 0.247. The van der Waals surface area contributed by atoms with E-state index in [1.165, 1.54) is 43.7 Å². The third kappa shape index (κ3) is 4.06. The second-order valence-corrected chi connectivity index (χ2v) is 5.82. The Labute approximate surface area is 123 Å². The zero-order valence-electron chi connectivity index (χ0n) is 13.4. The summed E-state index contributed by atoms with van der Waals surface area (Å²) in [5.41, 5.74) is 2.60. The minimum absolute atomic E-state index is 0.658. The van der Waals surface area contributed by atoms with Gasteiger partial charge in [-0.25, -0.2) is 0 Å². The van der Waals surface area contributed by atoms with Crippen LogP contribution in [0.2, 0.25) is 0 Å². The number of rotatable bonds is 6. The molecule has 1 atom stereocenters. The summed E-state index contributed by atoms with van der Waals surface area (Å²) in [4.78, 5) is 2.60. The fourth-order valence-electron chi connectivity index (χ4n) is 3.08. The topological polar surface area (TPSA) is 33.1 Å². The second kappa shape index (κ2) is 7.79. The van der Waals surface area contributed by atoms with Crippen molar-refractivity contribution in [1.82, 2.24) is 20.0 Å². The highest BCUT2D eigenvalue weighted by Crippen LogP contribution is 2.12. The van der Waals surface area contributed by atoms with Crippen molar-refractivity contribution < 1.29 is 0 Å². The maximum Gasteiger partial charge on any atom is 0.0625 e. The van der Waals surface area contributed by atoms with Gasteiger partial charge in [-0.15, -0.1) is 0 Å². The molecule has 2 heterocycles. The highest BCUT2D eigenvalue weighted by atomic mass is 15.3. The Kier molecular flexibility index (Phi) is 6.05. The van der Waals surface area contributed by atoms with Gasteiger partial charge in [-0.3, -0.25) is 9.58 Å². The first kappa shape index (κ1) is 15.5. The Bertz CT molecular complexity index is 399. The first-order chi connectivity index (χ1) is 9.76. The van der Waals surface area contributed by atoms with E-state index in [0.29, 0.717) is 6.04 Å². The lowest BCUT2D eigenvalue weighted by atomic mass is 10.1. The molecule has 1 aliphatic rings. The van der Waals surface area contributed by atoms with E-state index in [1.54, 1.807) is 0 Å². The van der Waals surface area contributed by atoms with Crippen molar-refractivity contribution in [3.8, 4) is 0 Å². The Morgan fingerprint density at radius 1 is 1.35 bits per heavy atom. The van der Waals surface area contributed by atoms with Gasteiger partial charge in [0.05, 0.1) is 11.4 Å². The van der Waals surface area contributed by atoms with Crippen LogP contribution in [0.1, 0.15) is 51.4 Å². The fraction of sp³-hybridized carbons (Fsp3) is 0.812. The molecule has 1 fully saturated rings. The monoisotopic (exact) mass is 278 g/mol. The Hall–Kier alpha value is -0.870. The average molecular weight is 278 g/mol. The van der Waals surface area contributed by atoms with Crippen LogP contribution in [0.3, 0.4) is 0 Å². The molecule has 1 unspecified atom stereocenters. The number of aromatic nitrogens is 2. The van der Waals surface area contributed by atoms with Gasteiger partial charge in [0.2, 0.25) is 0 Å². The molecule has 0 aromatic carbocycles. The fourth-order valence-corrected chi connectivity index (χ4v) is 3.08. The number of nitrogens with zero attached hydrogens (tertiary/aromatic N) is 3. The van der Waals surface area contributed by atoms with Crippen LogP contribution >= 0.6 is 0 Å². The summed E-state index contributed by atoms with van der Waals surface area (Å²) < 4.78 is 2.17. The molecule has 1 N–H and O–H groups in total. The van der Waals surface area contributed by atoms with Gasteiger partial charge in [0.25, 0.3) is 0 Å². The van der Waals surface area contributed by atoms with Crippen LogP contribution < -0.4 is 5.32 Å². The molecule has 1 aromatic rings. The number of hydrogen-bond acceptors (Lipinski definition) is 3. The van der Waals surface area contributed by atoms with E-state index in [2.05, 4.69) is 46.8 Å². The smallest absolute Gasteiger partial charge is 0.0625 e. The summed E-state index contributed by atoms with van der Waals surface area (Å²) >= 11 is 0. The maximum absolute atomic E-state index is 4.67. The summed E-state index contributed by atoms with van der Waals surface area (Å²) in [6.45, 7) is 12.2. The third-order valence-corrected chi connectivity index (χ3v) is 4.16. The van der Waals surface area contributed by atoms with Gasteiger partial charge in [-0.1, -0.05) is 20.3 Å². The predicted octanol–water partition coefficient (Wildman–Crippen LogP) is 2.43. The summed E-state index contributed by atoms with van der Waals surface area (Å²) in [6.07, 6.45) is 4.82. The van der Waals surface area contributed by atoms with Gasteiger partial charge in [0, 0.05) is 25.7 Å². The molecule has 2 rings (SSSR count). The Morgan fingerprint density at radius 2 is 2.20 bits per heavy atom. The molecule has 1 saturated heterocycles. The molecule has 0 radical (unpaired) electrons. The SMILES string of the molecule is CCCC1CN(Cc2cc(CC)nn2CC)CCCN1. The number of hydrogen-bond donors (Lipinski definition) is 1. The largest absolute Gasteiger partial charge is 0.313 e. The lowest BCUT2D eigenvalue weighted by Gasteiger charge is -2.24. The van der Waals surface area contributed by atoms with E-state index >= 15 is 0 Å². The molecular formula is C16H30N4. The molecule has 0 spiro atoms. The minimum atomic E-state index is 0.658. The third-order valence-electron chi connectivity index (χ3n) is 4.16.